The van der Waals surface area contributed by atoms with Crippen molar-refractivity contribution in [2.24, 2.45) is 5.18 Å². The third-order valence-corrected chi connectivity index (χ3v) is 5.56. The lowest BCUT2D eigenvalue weighted by atomic mass is 10.0. The van der Waals surface area contributed by atoms with Crippen LogP contribution in [0.4, 0.5) is 17.3 Å². The molecule has 2 aromatic heterocycles. The van der Waals surface area contributed by atoms with Gasteiger partial charge in [0.15, 0.2) is 11.3 Å². The minimum atomic E-state index is -0.128. The summed E-state index contributed by atoms with van der Waals surface area (Å²) in [6.45, 7) is 13.6. The maximum absolute atomic E-state index is 11.5. The molecule has 2 heterocycles. The number of rotatable bonds is 8. The second-order valence-electron chi connectivity index (χ2n) is 7.92. The van der Waals surface area contributed by atoms with E-state index in [0.29, 0.717) is 35.8 Å². The van der Waals surface area contributed by atoms with Crippen molar-refractivity contribution in [2.45, 2.75) is 67.3 Å². The average molecular weight is 410 g/mol. The number of nitrogens with zero attached hydrogens (tertiary/aromatic N) is 5. The van der Waals surface area contributed by atoms with Crippen molar-refractivity contribution >= 4 is 28.4 Å². The summed E-state index contributed by atoms with van der Waals surface area (Å²) < 4.78 is 1.70. The van der Waals surface area contributed by atoms with Gasteiger partial charge in [0.2, 0.25) is 11.8 Å². The Labute approximate surface area is 177 Å². The lowest BCUT2D eigenvalue weighted by molar-refractivity contribution is 0.416. The Hall–Kier alpha value is -2.96. The molecular weight excluding hydrogens is 378 g/mol. The molecule has 7 heteroatoms. The van der Waals surface area contributed by atoms with E-state index in [0.717, 1.165) is 36.1 Å². The van der Waals surface area contributed by atoms with Crippen LogP contribution in [0.25, 0.3) is 11.0 Å². The Balaban J connectivity index is 2.22. The number of unbranched alkanes of at least 4 members (excludes halogenated alkanes) is 2. The van der Waals surface area contributed by atoms with Crippen molar-refractivity contribution in [1.29, 1.82) is 0 Å². The lowest BCUT2D eigenvalue weighted by Crippen LogP contribution is -2.21. The second-order valence-corrected chi connectivity index (χ2v) is 7.92. The molecule has 0 saturated heterocycles. The molecule has 0 saturated carbocycles. The van der Waals surface area contributed by atoms with Gasteiger partial charge in [0.1, 0.15) is 0 Å². The van der Waals surface area contributed by atoms with Crippen LogP contribution in [0.5, 0.6) is 5.88 Å². The number of fused-ring (bicyclic) bond motifs is 1. The van der Waals surface area contributed by atoms with Crippen molar-refractivity contribution in [2.75, 3.05) is 11.4 Å². The Morgan fingerprint density at radius 1 is 1.07 bits per heavy atom. The molecule has 0 amide bonds. The molecule has 3 aromatic rings. The highest BCUT2D eigenvalue weighted by Crippen LogP contribution is 2.41. The first-order chi connectivity index (χ1) is 14.3. The van der Waals surface area contributed by atoms with Crippen LogP contribution in [0.3, 0.4) is 0 Å². The number of aryl methyl sites for hydroxylation is 5. The minimum Gasteiger partial charge on any atom is -0.493 e. The Kier molecular flexibility index (Phi) is 6.39. The Morgan fingerprint density at radius 2 is 1.73 bits per heavy atom. The standard InChI is InChI=1S/C23H31N5O2/c1-7-9-10-11-28-21-18(19(26-30)22(28)29)17(6)24-23(25-21)27(8-2)20-15(4)12-14(3)13-16(20)5/h12-13,29H,7-11H2,1-6H3. The molecule has 1 N–H and O–H groups in total. The summed E-state index contributed by atoms with van der Waals surface area (Å²) in [7, 11) is 0. The van der Waals surface area contributed by atoms with Crippen molar-refractivity contribution in [3.63, 3.8) is 0 Å². The maximum atomic E-state index is 11.5. The van der Waals surface area contributed by atoms with Crippen LogP contribution in [-0.4, -0.2) is 26.2 Å². The molecule has 0 aliphatic rings. The Bertz CT molecular complexity index is 1060. The van der Waals surface area contributed by atoms with Crippen LogP contribution in [0.1, 0.15) is 55.5 Å². The highest BCUT2D eigenvalue weighted by Gasteiger charge is 2.24. The van der Waals surface area contributed by atoms with Gasteiger partial charge in [-0.15, -0.1) is 4.91 Å². The molecule has 160 valence electrons. The fraction of sp³-hybridized carbons (Fsp3) is 0.478. The number of hydrogen-bond acceptors (Lipinski definition) is 6. The summed E-state index contributed by atoms with van der Waals surface area (Å²) in [6, 6.07) is 4.31. The number of aromatic nitrogens is 3. The number of aromatic hydroxyl groups is 1. The van der Waals surface area contributed by atoms with E-state index in [-0.39, 0.29) is 11.6 Å². The zero-order chi connectivity index (χ0) is 22.0. The number of anilines is 2. The molecule has 1 aromatic carbocycles. The quantitative estimate of drug-likeness (QED) is 0.358. The molecule has 0 aliphatic carbocycles. The second kappa shape index (κ2) is 8.81. The summed E-state index contributed by atoms with van der Waals surface area (Å²) in [5, 5.41) is 14.3. The zero-order valence-electron chi connectivity index (χ0n) is 18.8. The van der Waals surface area contributed by atoms with Crippen molar-refractivity contribution in [3.8, 4) is 5.88 Å². The van der Waals surface area contributed by atoms with E-state index in [9.17, 15) is 10.0 Å². The van der Waals surface area contributed by atoms with Gasteiger partial charge >= 0.3 is 0 Å². The lowest BCUT2D eigenvalue weighted by Gasteiger charge is -2.26. The predicted octanol–water partition coefficient (Wildman–Crippen LogP) is 6.12. The number of benzene rings is 1. The van der Waals surface area contributed by atoms with Gasteiger partial charge in [0, 0.05) is 18.8 Å². The molecule has 0 radical (unpaired) electrons. The van der Waals surface area contributed by atoms with Crippen LogP contribution in [0, 0.1) is 32.6 Å². The summed E-state index contributed by atoms with van der Waals surface area (Å²) >= 11 is 0. The molecule has 0 aliphatic heterocycles. The van der Waals surface area contributed by atoms with Crippen LogP contribution in [0.15, 0.2) is 17.3 Å². The highest BCUT2D eigenvalue weighted by molar-refractivity contribution is 5.95. The first-order valence-corrected chi connectivity index (χ1v) is 10.6. The van der Waals surface area contributed by atoms with E-state index < -0.39 is 0 Å². The van der Waals surface area contributed by atoms with E-state index in [1.165, 1.54) is 5.56 Å². The third-order valence-electron chi connectivity index (χ3n) is 5.56. The third kappa shape index (κ3) is 3.76. The van der Waals surface area contributed by atoms with E-state index in [1.807, 2.05) is 6.92 Å². The fourth-order valence-corrected chi connectivity index (χ4v) is 4.29. The van der Waals surface area contributed by atoms with Gasteiger partial charge in [-0.2, -0.15) is 4.98 Å². The molecule has 0 unspecified atom stereocenters. The maximum Gasteiger partial charge on any atom is 0.232 e. The largest absolute Gasteiger partial charge is 0.493 e. The summed E-state index contributed by atoms with van der Waals surface area (Å²) in [5.74, 6) is 0.431. The average Bonchev–Trinajstić information content (AvgIpc) is 2.96. The summed E-state index contributed by atoms with van der Waals surface area (Å²) in [5.41, 5.74) is 5.84. The smallest absolute Gasteiger partial charge is 0.232 e. The predicted molar refractivity (Wildman–Crippen MR) is 122 cm³/mol. The zero-order valence-corrected chi connectivity index (χ0v) is 18.8. The SMILES string of the molecule is CCCCCn1c(O)c(N=O)c2c(C)nc(N(CC)c3c(C)cc(C)cc3C)nc21. The molecule has 0 atom stereocenters. The summed E-state index contributed by atoms with van der Waals surface area (Å²) in [6.07, 6.45) is 2.98. The van der Waals surface area contributed by atoms with Gasteiger partial charge < -0.3 is 10.0 Å². The van der Waals surface area contributed by atoms with Crippen molar-refractivity contribution in [3.05, 3.63) is 39.4 Å². The van der Waals surface area contributed by atoms with Crippen LogP contribution in [-0.2, 0) is 6.54 Å². The van der Waals surface area contributed by atoms with Crippen LogP contribution < -0.4 is 4.90 Å². The van der Waals surface area contributed by atoms with E-state index in [1.54, 1.807) is 4.57 Å². The fourth-order valence-electron chi connectivity index (χ4n) is 4.29. The van der Waals surface area contributed by atoms with Gasteiger partial charge in [-0.05, 0) is 57.3 Å². The molecule has 0 spiro atoms. The first-order valence-electron chi connectivity index (χ1n) is 10.6. The van der Waals surface area contributed by atoms with Gasteiger partial charge in [-0.25, -0.2) is 4.98 Å². The van der Waals surface area contributed by atoms with Crippen LogP contribution >= 0.6 is 0 Å². The molecule has 3 rings (SSSR count). The van der Waals surface area contributed by atoms with Gasteiger partial charge in [0.25, 0.3) is 0 Å². The van der Waals surface area contributed by atoms with Gasteiger partial charge in [-0.3, -0.25) is 4.57 Å². The number of hydrogen-bond donors (Lipinski definition) is 1. The van der Waals surface area contributed by atoms with Crippen LogP contribution in [0.2, 0.25) is 0 Å². The van der Waals surface area contributed by atoms with E-state index in [2.05, 4.69) is 56.8 Å². The topological polar surface area (TPSA) is 83.6 Å². The van der Waals surface area contributed by atoms with E-state index >= 15 is 0 Å². The first kappa shape index (κ1) is 21.7. The normalized spacial score (nSPS) is 11.3. The molecule has 0 fully saturated rings. The molecule has 7 nitrogen and oxygen atoms in total. The number of nitroso groups, excluding NO2 is 1. The molecular formula is C23H31N5O2. The Morgan fingerprint density at radius 3 is 2.30 bits per heavy atom. The van der Waals surface area contributed by atoms with E-state index in [4.69, 9.17) is 9.97 Å². The van der Waals surface area contributed by atoms with Crippen molar-refractivity contribution < 1.29 is 5.11 Å². The van der Waals surface area contributed by atoms with Gasteiger partial charge in [-0.1, -0.05) is 37.5 Å². The minimum absolute atomic E-state index is 0.0243. The highest BCUT2D eigenvalue weighted by atomic mass is 16.3. The van der Waals surface area contributed by atoms with Gasteiger partial charge in [0.05, 0.1) is 11.1 Å². The van der Waals surface area contributed by atoms with Crippen molar-refractivity contribution in [1.82, 2.24) is 14.5 Å². The summed E-state index contributed by atoms with van der Waals surface area (Å²) in [4.78, 5) is 23.1. The molecule has 30 heavy (non-hydrogen) atoms. The monoisotopic (exact) mass is 409 g/mol. The molecule has 0 bridgehead atoms.